The Kier molecular flexibility index (Phi) is 4.76. The van der Waals surface area contributed by atoms with Gasteiger partial charge in [-0.15, -0.1) is 0 Å². The van der Waals surface area contributed by atoms with Crippen molar-refractivity contribution in [1.29, 1.82) is 0 Å². The van der Waals surface area contributed by atoms with Crippen LogP contribution in [0.15, 0.2) is 64.0 Å². The molecule has 0 aliphatic rings. The quantitative estimate of drug-likeness (QED) is 0.750. The highest BCUT2D eigenvalue weighted by molar-refractivity contribution is 9.10. The van der Waals surface area contributed by atoms with Crippen molar-refractivity contribution in [3.8, 4) is 0 Å². The Morgan fingerprint density at radius 1 is 1.21 bits per heavy atom. The number of rotatable bonds is 4. The molecule has 5 nitrogen and oxygen atoms in total. The minimum atomic E-state index is -0.167. The fourth-order valence-corrected chi connectivity index (χ4v) is 3.24. The molecule has 0 saturated heterocycles. The average Bonchev–Trinajstić information content (AvgIpc) is 2.58. The molecular weight excluding hydrogens is 370 g/mol. The third kappa shape index (κ3) is 3.38. The molecule has 3 rings (SSSR count). The smallest absolute Gasteiger partial charge is 0.242 e. The molecule has 1 aromatic heterocycles. The molecule has 1 atom stereocenters. The van der Waals surface area contributed by atoms with Gasteiger partial charge in [0.1, 0.15) is 6.54 Å². The fraction of sp³-hybridized carbons (Fsp3) is 0.167. The summed E-state index contributed by atoms with van der Waals surface area (Å²) in [6, 6.07) is 14.8. The van der Waals surface area contributed by atoms with Crippen molar-refractivity contribution >= 4 is 32.7 Å². The molecule has 1 unspecified atom stereocenters. The summed E-state index contributed by atoms with van der Waals surface area (Å²) in [4.78, 5) is 24.2. The van der Waals surface area contributed by atoms with Gasteiger partial charge in [-0.3, -0.25) is 14.3 Å². The normalized spacial score (nSPS) is 12.1. The van der Waals surface area contributed by atoms with Gasteiger partial charge in [0.2, 0.25) is 11.3 Å². The molecule has 2 aromatic carbocycles. The molecule has 0 saturated carbocycles. The zero-order chi connectivity index (χ0) is 17.1. The van der Waals surface area contributed by atoms with E-state index >= 15 is 0 Å². The predicted octanol–water partition coefficient (Wildman–Crippen LogP) is 3.04. The van der Waals surface area contributed by atoms with Gasteiger partial charge in [0.05, 0.1) is 17.8 Å². The summed E-state index contributed by atoms with van der Waals surface area (Å²) in [6.07, 6.45) is 1.24. The lowest BCUT2D eigenvalue weighted by Gasteiger charge is -2.16. The lowest BCUT2D eigenvalue weighted by molar-refractivity contribution is -0.122. The van der Waals surface area contributed by atoms with E-state index in [2.05, 4.69) is 26.3 Å². The van der Waals surface area contributed by atoms with Crippen LogP contribution in [0.2, 0.25) is 0 Å². The molecule has 24 heavy (non-hydrogen) atoms. The van der Waals surface area contributed by atoms with Crippen LogP contribution < -0.4 is 10.7 Å². The van der Waals surface area contributed by atoms with Crippen molar-refractivity contribution < 1.29 is 4.79 Å². The molecule has 0 bridgehead atoms. The number of halogens is 1. The van der Waals surface area contributed by atoms with Crippen LogP contribution in [0.1, 0.15) is 18.5 Å². The highest BCUT2D eigenvalue weighted by Gasteiger charge is 2.13. The number of hydrogen-bond donors (Lipinski definition) is 1. The molecule has 0 aliphatic carbocycles. The Labute approximate surface area is 147 Å². The average molecular weight is 386 g/mol. The first-order valence-corrected chi connectivity index (χ1v) is 8.34. The standard InChI is InChI=1S/C18H16BrN3O2/c1-12(13-6-2-4-8-15(13)19)21-18(24)11-22-16-9-5-3-7-14(16)17(23)10-20-22/h2-10,12H,11H2,1H3,(H,21,24). The Morgan fingerprint density at radius 2 is 1.92 bits per heavy atom. The lowest BCUT2D eigenvalue weighted by Crippen LogP contribution is -2.31. The minimum Gasteiger partial charge on any atom is -0.348 e. The Morgan fingerprint density at radius 3 is 2.71 bits per heavy atom. The van der Waals surface area contributed by atoms with E-state index < -0.39 is 0 Å². The molecule has 0 radical (unpaired) electrons. The first-order valence-electron chi connectivity index (χ1n) is 7.55. The van der Waals surface area contributed by atoms with Crippen molar-refractivity contribution in [3.05, 3.63) is 75.0 Å². The first kappa shape index (κ1) is 16.4. The highest BCUT2D eigenvalue weighted by Crippen LogP contribution is 2.22. The summed E-state index contributed by atoms with van der Waals surface area (Å²) < 4.78 is 2.49. The van der Waals surface area contributed by atoms with Crippen LogP contribution >= 0.6 is 15.9 Å². The largest absolute Gasteiger partial charge is 0.348 e. The van der Waals surface area contributed by atoms with Gasteiger partial charge in [-0.05, 0) is 30.7 Å². The number of amides is 1. The lowest BCUT2D eigenvalue weighted by atomic mass is 10.1. The van der Waals surface area contributed by atoms with Crippen molar-refractivity contribution in [3.63, 3.8) is 0 Å². The van der Waals surface area contributed by atoms with Crippen LogP contribution in [0.5, 0.6) is 0 Å². The zero-order valence-electron chi connectivity index (χ0n) is 13.1. The molecule has 0 spiro atoms. The third-order valence-electron chi connectivity index (χ3n) is 3.80. The number of nitrogens with one attached hydrogen (secondary N) is 1. The molecule has 1 heterocycles. The summed E-state index contributed by atoms with van der Waals surface area (Å²) in [5, 5.41) is 7.59. The van der Waals surface area contributed by atoms with E-state index in [1.165, 1.54) is 6.20 Å². The summed E-state index contributed by atoms with van der Waals surface area (Å²) in [5.41, 5.74) is 1.50. The van der Waals surface area contributed by atoms with Crippen LogP contribution in [0.25, 0.3) is 10.9 Å². The van der Waals surface area contributed by atoms with E-state index in [0.29, 0.717) is 10.9 Å². The number of carbonyl (C=O) groups is 1. The van der Waals surface area contributed by atoms with Gasteiger partial charge in [-0.1, -0.05) is 46.3 Å². The number of fused-ring (bicyclic) bond motifs is 1. The second-order valence-corrected chi connectivity index (χ2v) is 6.35. The molecular formula is C18H16BrN3O2. The number of carbonyl (C=O) groups excluding carboxylic acids is 1. The molecule has 0 aliphatic heterocycles. The number of nitrogens with zero attached hydrogens (tertiary/aromatic N) is 2. The van der Waals surface area contributed by atoms with Gasteiger partial charge in [-0.25, -0.2) is 0 Å². The van der Waals surface area contributed by atoms with Crippen LogP contribution in [0, 0.1) is 0 Å². The number of benzene rings is 2. The molecule has 3 aromatic rings. The Balaban J connectivity index is 1.80. The zero-order valence-corrected chi connectivity index (χ0v) is 14.7. The van der Waals surface area contributed by atoms with E-state index in [0.717, 1.165) is 10.0 Å². The molecule has 6 heteroatoms. The maximum Gasteiger partial charge on any atom is 0.242 e. The number of para-hydroxylation sites is 1. The molecule has 1 amide bonds. The number of hydrogen-bond acceptors (Lipinski definition) is 3. The van der Waals surface area contributed by atoms with E-state index in [1.807, 2.05) is 37.3 Å². The number of aromatic nitrogens is 2. The maximum atomic E-state index is 12.4. The second kappa shape index (κ2) is 6.97. The summed E-state index contributed by atoms with van der Waals surface area (Å²) in [7, 11) is 0. The maximum absolute atomic E-state index is 12.4. The Bertz CT molecular complexity index is 952. The van der Waals surface area contributed by atoms with Gasteiger partial charge >= 0.3 is 0 Å². The highest BCUT2D eigenvalue weighted by atomic mass is 79.9. The first-order chi connectivity index (χ1) is 11.6. The van der Waals surface area contributed by atoms with Crippen LogP contribution in [0.3, 0.4) is 0 Å². The van der Waals surface area contributed by atoms with Crippen molar-refractivity contribution in [1.82, 2.24) is 15.1 Å². The summed E-state index contributed by atoms with van der Waals surface area (Å²) in [5.74, 6) is -0.167. The monoisotopic (exact) mass is 385 g/mol. The fourth-order valence-electron chi connectivity index (χ4n) is 2.61. The SMILES string of the molecule is CC(NC(=O)Cn1ncc(=O)c2ccccc21)c1ccccc1Br. The third-order valence-corrected chi connectivity index (χ3v) is 4.53. The van der Waals surface area contributed by atoms with Gasteiger partial charge in [-0.2, -0.15) is 5.10 Å². The van der Waals surface area contributed by atoms with Gasteiger partial charge in [0.15, 0.2) is 0 Å². The van der Waals surface area contributed by atoms with Crippen molar-refractivity contribution in [2.24, 2.45) is 0 Å². The topological polar surface area (TPSA) is 64.0 Å². The molecule has 0 fully saturated rings. The predicted molar refractivity (Wildman–Crippen MR) is 96.7 cm³/mol. The van der Waals surface area contributed by atoms with Gasteiger partial charge < -0.3 is 5.32 Å². The Hall–Kier alpha value is -2.47. The van der Waals surface area contributed by atoms with E-state index in [4.69, 9.17) is 0 Å². The van der Waals surface area contributed by atoms with Crippen LogP contribution in [-0.4, -0.2) is 15.7 Å². The van der Waals surface area contributed by atoms with Crippen LogP contribution in [0.4, 0.5) is 0 Å². The van der Waals surface area contributed by atoms with Crippen molar-refractivity contribution in [2.75, 3.05) is 0 Å². The van der Waals surface area contributed by atoms with E-state index in [-0.39, 0.29) is 23.9 Å². The minimum absolute atomic E-state index is 0.0512. The van der Waals surface area contributed by atoms with Gasteiger partial charge in [0.25, 0.3) is 0 Å². The summed E-state index contributed by atoms with van der Waals surface area (Å²) >= 11 is 3.49. The second-order valence-electron chi connectivity index (χ2n) is 5.49. The molecule has 1 N–H and O–H groups in total. The van der Waals surface area contributed by atoms with Gasteiger partial charge in [0, 0.05) is 9.86 Å². The van der Waals surface area contributed by atoms with E-state index in [1.54, 1.807) is 22.9 Å². The molecule has 122 valence electrons. The van der Waals surface area contributed by atoms with Crippen molar-refractivity contribution in [2.45, 2.75) is 19.5 Å². The van der Waals surface area contributed by atoms with Crippen LogP contribution in [-0.2, 0) is 11.3 Å². The summed E-state index contributed by atoms with van der Waals surface area (Å²) in [6.45, 7) is 1.98. The van der Waals surface area contributed by atoms with E-state index in [9.17, 15) is 9.59 Å².